The summed E-state index contributed by atoms with van der Waals surface area (Å²) >= 11 is 0. The molecule has 0 saturated heterocycles. The molecule has 0 bridgehead atoms. The van der Waals surface area contributed by atoms with Gasteiger partial charge in [-0.25, -0.2) is 4.79 Å². The second-order valence-corrected chi connectivity index (χ2v) is 5.65. The smallest absolute Gasteiger partial charge is 0.319 e. The van der Waals surface area contributed by atoms with Gasteiger partial charge < -0.3 is 20.6 Å². The minimum Gasteiger partial charge on any atom is -0.481 e. The number of hydrogen-bond donors (Lipinski definition) is 3. The summed E-state index contributed by atoms with van der Waals surface area (Å²) in [6, 6.07) is 5.39. The molecule has 0 atom stereocenters. The molecule has 0 heterocycles. The summed E-state index contributed by atoms with van der Waals surface area (Å²) in [5.41, 5.74) is 2.80. The molecule has 0 radical (unpaired) electrons. The maximum atomic E-state index is 11.9. The van der Waals surface area contributed by atoms with Crippen molar-refractivity contribution in [2.45, 2.75) is 25.8 Å². The topological polar surface area (TPSA) is 81.7 Å². The fourth-order valence-electron chi connectivity index (χ4n) is 2.52. The summed E-state index contributed by atoms with van der Waals surface area (Å²) in [6.45, 7) is 1.95. The average molecular weight is 291 g/mol. The van der Waals surface area contributed by atoms with Crippen molar-refractivity contribution in [2.24, 2.45) is 5.92 Å². The summed E-state index contributed by atoms with van der Waals surface area (Å²) in [6.07, 6.45) is 0.999. The lowest BCUT2D eigenvalue weighted by molar-refractivity contribution is -0.145. The van der Waals surface area contributed by atoms with Crippen LogP contribution in [-0.4, -0.2) is 37.2 Å². The Bertz CT molecular complexity index is 551. The van der Waals surface area contributed by atoms with Crippen LogP contribution in [0.3, 0.4) is 0 Å². The lowest BCUT2D eigenvalue weighted by atomic mass is 9.80. The fourth-order valence-corrected chi connectivity index (χ4v) is 2.52. The summed E-state index contributed by atoms with van der Waals surface area (Å²) in [5.74, 6) is -1.11. The van der Waals surface area contributed by atoms with E-state index in [4.69, 9.17) is 5.11 Å². The summed E-state index contributed by atoms with van der Waals surface area (Å²) in [5, 5.41) is 14.4. The van der Waals surface area contributed by atoms with Crippen LogP contribution in [0.2, 0.25) is 0 Å². The van der Waals surface area contributed by atoms with E-state index in [1.54, 1.807) is 0 Å². The van der Waals surface area contributed by atoms with Gasteiger partial charge in [-0.3, -0.25) is 4.79 Å². The van der Waals surface area contributed by atoms with Crippen LogP contribution >= 0.6 is 0 Å². The van der Waals surface area contributed by atoms with Crippen molar-refractivity contribution < 1.29 is 14.7 Å². The first kappa shape index (κ1) is 15.2. The first-order chi connectivity index (χ1) is 9.88. The maximum absolute atomic E-state index is 11.9. The lowest BCUT2D eigenvalue weighted by Gasteiger charge is -2.32. The third-order valence-electron chi connectivity index (χ3n) is 3.86. The van der Waals surface area contributed by atoms with Crippen LogP contribution in [0.1, 0.15) is 18.4 Å². The second kappa shape index (κ2) is 6.03. The minimum absolute atomic E-state index is 0.0524. The first-order valence-electron chi connectivity index (χ1n) is 6.95. The van der Waals surface area contributed by atoms with E-state index < -0.39 is 5.97 Å². The molecule has 1 aliphatic carbocycles. The molecule has 1 aliphatic rings. The van der Waals surface area contributed by atoms with E-state index >= 15 is 0 Å². The second-order valence-electron chi connectivity index (χ2n) is 5.65. The molecule has 21 heavy (non-hydrogen) atoms. The van der Waals surface area contributed by atoms with Crippen molar-refractivity contribution in [3.8, 4) is 0 Å². The number of rotatable bonds is 4. The SMILES string of the molecule is Cc1c(NC(=O)NC2CC(C(=O)O)C2)cccc1N(C)C. The quantitative estimate of drug-likeness (QED) is 0.793. The van der Waals surface area contributed by atoms with Crippen LogP contribution < -0.4 is 15.5 Å². The van der Waals surface area contributed by atoms with Crippen molar-refractivity contribution in [3.63, 3.8) is 0 Å². The van der Waals surface area contributed by atoms with Gasteiger partial charge in [0, 0.05) is 31.5 Å². The Morgan fingerprint density at radius 2 is 1.95 bits per heavy atom. The van der Waals surface area contributed by atoms with Crippen molar-refractivity contribution in [1.82, 2.24) is 5.32 Å². The number of aliphatic carboxylic acids is 1. The summed E-state index contributed by atoms with van der Waals surface area (Å²) in [7, 11) is 3.90. The number of anilines is 2. The van der Waals surface area contributed by atoms with Gasteiger partial charge in [-0.1, -0.05) is 6.07 Å². The average Bonchev–Trinajstić information content (AvgIpc) is 2.35. The molecule has 0 spiro atoms. The molecular formula is C15H21N3O3. The van der Waals surface area contributed by atoms with E-state index in [9.17, 15) is 9.59 Å². The van der Waals surface area contributed by atoms with Crippen LogP contribution in [0, 0.1) is 12.8 Å². The largest absolute Gasteiger partial charge is 0.481 e. The minimum atomic E-state index is -0.789. The normalized spacial score (nSPS) is 20.3. The van der Waals surface area contributed by atoms with Gasteiger partial charge in [-0.15, -0.1) is 0 Å². The molecular weight excluding hydrogens is 270 g/mol. The van der Waals surface area contributed by atoms with Gasteiger partial charge in [0.2, 0.25) is 0 Å². The van der Waals surface area contributed by atoms with Crippen LogP contribution in [0.4, 0.5) is 16.2 Å². The predicted octanol–water partition coefficient (Wildman–Crippen LogP) is 2.05. The number of urea groups is 1. The molecule has 0 unspecified atom stereocenters. The van der Waals surface area contributed by atoms with Crippen LogP contribution in [0.25, 0.3) is 0 Å². The summed E-state index contributed by atoms with van der Waals surface area (Å²) in [4.78, 5) is 24.6. The van der Waals surface area contributed by atoms with E-state index in [0.29, 0.717) is 12.8 Å². The fraction of sp³-hybridized carbons (Fsp3) is 0.467. The first-order valence-corrected chi connectivity index (χ1v) is 6.95. The highest BCUT2D eigenvalue weighted by Crippen LogP contribution is 2.28. The van der Waals surface area contributed by atoms with Crippen molar-refractivity contribution in [1.29, 1.82) is 0 Å². The number of benzene rings is 1. The number of hydrogen-bond acceptors (Lipinski definition) is 3. The lowest BCUT2D eigenvalue weighted by Crippen LogP contribution is -2.48. The van der Waals surface area contributed by atoms with Gasteiger partial charge in [0.25, 0.3) is 0 Å². The van der Waals surface area contributed by atoms with Crippen LogP contribution in [-0.2, 0) is 4.79 Å². The van der Waals surface area contributed by atoms with Gasteiger partial charge in [0.1, 0.15) is 0 Å². The number of carboxylic acid groups (broad SMARTS) is 1. The molecule has 6 nitrogen and oxygen atoms in total. The highest BCUT2D eigenvalue weighted by Gasteiger charge is 2.35. The Balaban J connectivity index is 1.92. The van der Waals surface area contributed by atoms with E-state index in [1.165, 1.54) is 0 Å². The van der Waals surface area contributed by atoms with Gasteiger partial charge in [0.15, 0.2) is 0 Å². The molecule has 2 amide bonds. The molecule has 3 N–H and O–H groups in total. The predicted molar refractivity (Wildman–Crippen MR) is 81.8 cm³/mol. The third-order valence-corrected chi connectivity index (χ3v) is 3.86. The zero-order chi connectivity index (χ0) is 15.6. The van der Waals surface area contributed by atoms with E-state index in [0.717, 1.165) is 16.9 Å². The monoisotopic (exact) mass is 291 g/mol. The molecule has 1 fully saturated rings. The zero-order valence-electron chi connectivity index (χ0n) is 12.5. The molecule has 1 aromatic rings. The van der Waals surface area contributed by atoms with Crippen molar-refractivity contribution in [3.05, 3.63) is 23.8 Å². The Morgan fingerprint density at radius 3 is 2.52 bits per heavy atom. The standard InChI is InChI=1S/C15H21N3O3/c1-9-12(5-4-6-13(9)18(2)3)17-15(21)16-11-7-10(8-11)14(19)20/h4-6,10-11H,7-8H2,1-3H3,(H,19,20)(H2,16,17,21). The highest BCUT2D eigenvalue weighted by atomic mass is 16.4. The van der Waals surface area contributed by atoms with Gasteiger partial charge >= 0.3 is 12.0 Å². The third kappa shape index (κ3) is 3.45. The molecule has 6 heteroatoms. The summed E-state index contributed by atoms with van der Waals surface area (Å²) < 4.78 is 0. The molecule has 2 rings (SSSR count). The highest BCUT2D eigenvalue weighted by molar-refractivity contribution is 5.91. The molecule has 0 aliphatic heterocycles. The Labute approximate surface area is 124 Å². The Hall–Kier alpha value is -2.24. The van der Waals surface area contributed by atoms with Crippen molar-refractivity contribution in [2.75, 3.05) is 24.3 Å². The van der Waals surface area contributed by atoms with E-state index in [-0.39, 0.29) is 18.0 Å². The number of carboxylic acids is 1. The molecule has 114 valence electrons. The van der Waals surface area contributed by atoms with Crippen molar-refractivity contribution >= 4 is 23.4 Å². The molecule has 1 aromatic carbocycles. The Morgan fingerprint density at radius 1 is 1.29 bits per heavy atom. The van der Waals surface area contributed by atoms with Gasteiger partial charge in [-0.05, 0) is 37.5 Å². The number of carbonyl (C=O) groups excluding carboxylic acids is 1. The molecule has 0 aromatic heterocycles. The maximum Gasteiger partial charge on any atom is 0.319 e. The van der Waals surface area contributed by atoms with Crippen LogP contribution in [0.5, 0.6) is 0 Å². The van der Waals surface area contributed by atoms with Gasteiger partial charge in [-0.2, -0.15) is 0 Å². The van der Waals surface area contributed by atoms with E-state index in [2.05, 4.69) is 10.6 Å². The van der Waals surface area contributed by atoms with Crippen LogP contribution in [0.15, 0.2) is 18.2 Å². The number of nitrogens with zero attached hydrogens (tertiary/aromatic N) is 1. The number of amides is 2. The Kier molecular flexibility index (Phi) is 4.35. The molecule has 1 saturated carbocycles. The number of nitrogens with one attached hydrogen (secondary N) is 2. The van der Waals surface area contributed by atoms with Gasteiger partial charge in [0.05, 0.1) is 5.92 Å². The zero-order valence-corrected chi connectivity index (χ0v) is 12.5. The van der Waals surface area contributed by atoms with E-state index in [1.807, 2.05) is 44.1 Å². The number of carbonyl (C=O) groups is 2.